The molecule has 0 fully saturated rings. The van der Waals surface area contributed by atoms with Gasteiger partial charge in [-0.15, -0.1) is 11.3 Å². The van der Waals surface area contributed by atoms with E-state index in [4.69, 9.17) is 11.6 Å². The van der Waals surface area contributed by atoms with E-state index < -0.39 is 11.7 Å². The maximum absolute atomic E-state index is 12.7. The van der Waals surface area contributed by atoms with Crippen LogP contribution in [0.4, 0.5) is 8.78 Å². The van der Waals surface area contributed by atoms with Crippen LogP contribution in [0.25, 0.3) is 0 Å². The Hall–Kier alpha value is -0.130. The lowest BCUT2D eigenvalue weighted by Crippen LogP contribution is -1.84. The molecule has 0 aliphatic heterocycles. The molecule has 0 N–H and O–H groups in total. The van der Waals surface area contributed by atoms with Crippen LogP contribution in [0, 0.1) is 0 Å². The highest BCUT2D eigenvalue weighted by atomic mass is 35.5. The van der Waals surface area contributed by atoms with Crippen LogP contribution in [0.2, 0.25) is 4.47 Å². The molecule has 1 aromatic heterocycles. The smallest absolute Gasteiger partial charge is 0.183 e. The van der Waals surface area contributed by atoms with E-state index in [1.54, 1.807) is 6.20 Å². The average molecular weight is 270 g/mol. The molecule has 1 nitrogen and oxygen atoms in total. The van der Waals surface area contributed by atoms with Gasteiger partial charge in [-0.25, -0.2) is 13.8 Å². The molecule has 0 radical (unpaired) electrons. The molecule has 1 rings (SSSR count). The van der Waals surface area contributed by atoms with Crippen molar-refractivity contribution >= 4 is 34.7 Å². The van der Waals surface area contributed by atoms with Crippen molar-refractivity contribution < 1.29 is 8.78 Å². The predicted molar refractivity (Wildman–Crippen MR) is 62.8 cm³/mol. The Bertz CT molecular complexity index is 348. The highest BCUT2D eigenvalue weighted by Gasteiger charge is 2.03. The summed E-state index contributed by atoms with van der Waals surface area (Å²) in [6.45, 7) is 1.13. The Labute approximate surface area is 101 Å². The molecule has 1 aromatic rings. The minimum atomic E-state index is -0.726. The maximum atomic E-state index is 12.7. The second kappa shape index (κ2) is 6.45. The summed E-state index contributed by atoms with van der Waals surface area (Å²) in [6.07, 6.45) is 1.84. The van der Waals surface area contributed by atoms with E-state index in [1.807, 2.05) is 0 Å². The van der Waals surface area contributed by atoms with E-state index in [9.17, 15) is 8.78 Å². The van der Waals surface area contributed by atoms with Crippen molar-refractivity contribution in [2.75, 3.05) is 5.75 Å². The molecule has 6 heteroatoms. The van der Waals surface area contributed by atoms with Crippen LogP contribution in [0.5, 0.6) is 0 Å². The standard InChI is InChI=1S/C9H10ClF2NS2/c1-6(11)8(12)2-3-14-5-7-4-13-9(10)15-7/h4H,2-3,5H2,1H3/b8-6-. The Morgan fingerprint density at radius 1 is 1.60 bits per heavy atom. The van der Waals surface area contributed by atoms with Gasteiger partial charge in [0.15, 0.2) is 4.47 Å². The van der Waals surface area contributed by atoms with E-state index in [-0.39, 0.29) is 6.42 Å². The molecule has 0 atom stereocenters. The molecule has 0 amide bonds. The zero-order chi connectivity index (χ0) is 11.3. The van der Waals surface area contributed by atoms with Gasteiger partial charge in [0, 0.05) is 29.0 Å². The van der Waals surface area contributed by atoms with Gasteiger partial charge in [-0.3, -0.25) is 0 Å². The number of allylic oxidation sites excluding steroid dienone is 2. The van der Waals surface area contributed by atoms with Gasteiger partial charge in [0.25, 0.3) is 0 Å². The third-order valence-corrected chi connectivity index (χ3v) is 3.91. The van der Waals surface area contributed by atoms with Crippen LogP contribution in [-0.4, -0.2) is 10.7 Å². The number of thiazole rings is 1. The normalized spacial score (nSPS) is 12.8. The number of hydrogen-bond donors (Lipinski definition) is 0. The number of hydrogen-bond acceptors (Lipinski definition) is 3. The van der Waals surface area contributed by atoms with Gasteiger partial charge in [-0.2, -0.15) is 11.8 Å². The Kier molecular flexibility index (Phi) is 5.56. The molecule has 1 heterocycles. The summed E-state index contributed by atoms with van der Waals surface area (Å²) in [5, 5.41) is 0. The quantitative estimate of drug-likeness (QED) is 0.725. The number of halogens is 3. The van der Waals surface area contributed by atoms with Crippen molar-refractivity contribution in [2.24, 2.45) is 0 Å². The third-order valence-electron chi connectivity index (χ3n) is 1.61. The number of rotatable bonds is 5. The van der Waals surface area contributed by atoms with Gasteiger partial charge in [-0.1, -0.05) is 11.6 Å². The van der Waals surface area contributed by atoms with E-state index in [1.165, 1.54) is 23.1 Å². The van der Waals surface area contributed by atoms with E-state index in [2.05, 4.69) is 4.98 Å². The fourth-order valence-electron chi connectivity index (χ4n) is 0.857. The van der Waals surface area contributed by atoms with Crippen LogP contribution in [0.15, 0.2) is 17.9 Å². The van der Waals surface area contributed by atoms with Gasteiger partial charge in [0.1, 0.15) is 11.7 Å². The zero-order valence-corrected chi connectivity index (χ0v) is 10.5. The van der Waals surface area contributed by atoms with Crippen molar-refractivity contribution in [1.82, 2.24) is 4.98 Å². The summed E-state index contributed by atoms with van der Waals surface area (Å²) >= 11 is 8.59. The van der Waals surface area contributed by atoms with Crippen molar-refractivity contribution in [3.8, 4) is 0 Å². The first kappa shape index (κ1) is 12.9. The molecular formula is C9H10ClF2NS2. The fraction of sp³-hybridized carbons (Fsp3) is 0.444. The van der Waals surface area contributed by atoms with E-state index >= 15 is 0 Å². The second-order valence-electron chi connectivity index (χ2n) is 2.82. The number of aromatic nitrogens is 1. The van der Waals surface area contributed by atoms with Crippen LogP contribution in [-0.2, 0) is 5.75 Å². The molecule has 0 aliphatic rings. The fourth-order valence-corrected chi connectivity index (χ4v) is 2.86. The number of nitrogens with zero attached hydrogens (tertiary/aromatic N) is 1. The average Bonchev–Trinajstić information content (AvgIpc) is 2.58. The van der Waals surface area contributed by atoms with Gasteiger partial charge in [0.2, 0.25) is 0 Å². The third kappa shape index (κ3) is 4.95. The predicted octanol–water partition coefficient (Wildman–Crippen LogP) is 4.59. The SMILES string of the molecule is C/C(F)=C(/F)CCSCc1cnc(Cl)s1. The molecule has 15 heavy (non-hydrogen) atoms. The largest absolute Gasteiger partial charge is 0.233 e. The van der Waals surface area contributed by atoms with Crippen molar-refractivity contribution in [3.05, 3.63) is 27.2 Å². The molecule has 0 spiro atoms. The topological polar surface area (TPSA) is 12.9 Å². The van der Waals surface area contributed by atoms with Crippen LogP contribution in [0.1, 0.15) is 18.2 Å². The van der Waals surface area contributed by atoms with Crippen molar-refractivity contribution in [1.29, 1.82) is 0 Å². The summed E-state index contributed by atoms with van der Waals surface area (Å²) in [5.74, 6) is -0.0905. The van der Waals surface area contributed by atoms with Crippen molar-refractivity contribution in [2.45, 2.75) is 19.1 Å². The summed E-state index contributed by atoms with van der Waals surface area (Å²) in [4.78, 5) is 4.93. The van der Waals surface area contributed by atoms with Crippen LogP contribution in [0.3, 0.4) is 0 Å². The molecule has 0 bridgehead atoms. The number of thioether (sulfide) groups is 1. The van der Waals surface area contributed by atoms with Gasteiger partial charge < -0.3 is 0 Å². The van der Waals surface area contributed by atoms with E-state index in [0.717, 1.165) is 17.6 Å². The lowest BCUT2D eigenvalue weighted by atomic mass is 10.4. The maximum Gasteiger partial charge on any atom is 0.183 e. The lowest BCUT2D eigenvalue weighted by Gasteiger charge is -1.98. The van der Waals surface area contributed by atoms with E-state index in [0.29, 0.717) is 10.2 Å². The molecule has 0 unspecified atom stereocenters. The van der Waals surface area contributed by atoms with Crippen LogP contribution < -0.4 is 0 Å². The van der Waals surface area contributed by atoms with Gasteiger partial charge >= 0.3 is 0 Å². The highest BCUT2D eigenvalue weighted by Crippen LogP contribution is 2.23. The van der Waals surface area contributed by atoms with Gasteiger partial charge in [0.05, 0.1) is 0 Å². The molecule has 0 aromatic carbocycles. The molecular weight excluding hydrogens is 260 g/mol. The van der Waals surface area contributed by atoms with Gasteiger partial charge in [-0.05, 0) is 6.92 Å². The Morgan fingerprint density at radius 2 is 2.33 bits per heavy atom. The second-order valence-corrected chi connectivity index (χ2v) is 5.62. The summed E-state index contributed by atoms with van der Waals surface area (Å²) < 4.78 is 25.5. The van der Waals surface area contributed by atoms with Crippen LogP contribution >= 0.6 is 34.7 Å². The minimum Gasteiger partial charge on any atom is -0.233 e. The summed E-state index contributed by atoms with van der Waals surface area (Å²) in [6, 6.07) is 0. The minimum absolute atomic E-state index is 0.138. The monoisotopic (exact) mass is 269 g/mol. The first-order valence-electron chi connectivity index (χ1n) is 4.28. The molecule has 0 saturated heterocycles. The first-order valence-corrected chi connectivity index (χ1v) is 6.63. The lowest BCUT2D eigenvalue weighted by molar-refractivity contribution is 0.519. The highest BCUT2D eigenvalue weighted by molar-refractivity contribution is 7.98. The van der Waals surface area contributed by atoms with Crippen molar-refractivity contribution in [3.63, 3.8) is 0 Å². The Balaban J connectivity index is 2.20. The Morgan fingerprint density at radius 3 is 2.87 bits per heavy atom. The zero-order valence-electron chi connectivity index (χ0n) is 8.10. The summed E-state index contributed by atoms with van der Waals surface area (Å²) in [5.41, 5.74) is 0. The molecule has 0 aliphatic carbocycles. The summed E-state index contributed by atoms with van der Waals surface area (Å²) in [7, 11) is 0. The molecule has 84 valence electrons. The first-order chi connectivity index (χ1) is 7.09. The molecule has 0 saturated carbocycles.